The molecule has 114 valence electrons. The molecule has 8 nitrogen and oxygen atoms in total. The number of hydrogen-bond acceptors (Lipinski definition) is 6. The maximum atomic E-state index is 10.4. The van der Waals surface area contributed by atoms with E-state index in [-0.39, 0.29) is 19.8 Å². The first-order valence-corrected chi connectivity index (χ1v) is 5.89. The van der Waals surface area contributed by atoms with Crippen molar-refractivity contribution in [3.05, 3.63) is 0 Å². The van der Waals surface area contributed by atoms with Gasteiger partial charge in [-0.1, -0.05) is 6.92 Å². The number of carbonyl (C=O) groups is 2. The van der Waals surface area contributed by atoms with Gasteiger partial charge in [0.05, 0.1) is 0 Å². The summed E-state index contributed by atoms with van der Waals surface area (Å²) in [4.78, 5) is 20.6. The average molecular weight is 282 g/mol. The monoisotopic (exact) mass is 282 g/mol. The summed E-state index contributed by atoms with van der Waals surface area (Å²) in [5.41, 5.74) is 0. The topological polar surface area (TPSA) is 145 Å². The first kappa shape index (κ1) is 20.1. The summed E-state index contributed by atoms with van der Waals surface area (Å²) >= 11 is 0. The van der Waals surface area contributed by atoms with E-state index in [0.717, 1.165) is 12.8 Å². The number of hydrogen-bond donors (Lipinski definition) is 5. The number of carboxylic acids is 2. The molecular weight excluding hydrogens is 260 g/mol. The lowest BCUT2D eigenvalue weighted by molar-refractivity contribution is -0.171. The highest BCUT2D eigenvalue weighted by Gasteiger charge is 2.32. The molecule has 0 amide bonds. The van der Waals surface area contributed by atoms with Gasteiger partial charge in [-0.05, 0) is 19.3 Å². The number of aliphatic carboxylic acids is 2. The Bertz CT molecular complexity index is 239. The van der Waals surface area contributed by atoms with Crippen molar-refractivity contribution in [1.82, 2.24) is 0 Å². The molecule has 0 spiro atoms. The molecule has 0 rings (SSSR count). The van der Waals surface area contributed by atoms with E-state index in [4.69, 9.17) is 25.5 Å². The van der Waals surface area contributed by atoms with Crippen molar-refractivity contribution in [1.29, 1.82) is 0 Å². The summed E-state index contributed by atoms with van der Waals surface area (Å²) in [6, 6.07) is 0. The molecule has 0 fully saturated rings. The molecule has 0 aromatic carbocycles. The van der Waals surface area contributed by atoms with Crippen molar-refractivity contribution < 1.29 is 39.9 Å². The maximum Gasteiger partial charge on any atom is 0.336 e. The molecule has 0 aromatic rings. The van der Waals surface area contributed by atoms with Gasteiger partial charge in [0, 0.05) is 19.8 Å². The first-order chi connectivity index (χ1) is 8.92. The Kier molecular flexibility index (Phi) is 14.0. The van der Waals surface area contributed by atoms with Gasteiger partial charge in [0.25, 0.3) is 0 Å². The fraction of sp³-hybridized carbons (Fsp3) is 0.818. The van der Waals surface area contributed by atoms with E-state index in [9.17, 15) is 9.59 Å². The average Bonchev–Trinajstić information content (AvgIpc) is 2.36. The molecule has 0 aromatic heterocycles. The molecule has 2 unspecified atom stereocenters. The second-order valence-electron chi connectivity index (χ2n) is 3.57. The van der Waals surface area contributed by atoms with E-state index in [0.29, 0.717) is 6.42 Å². The fourth-order valence-corrected chi connectivity index (χ4v) is 0.895. The maximum absolute atomic E-state index is 10.4. The summed E-state index contributed by atoms with van der Waals surface area (Å²) in [6.45, 7) is 2.23. The summed E-state index contributed by atoms with van der Waals surface area (Å²) in [5, 5.41) is 41.8. The second-order valence-corrected chi connectivity index (χ2v) is 3.57. The summed E-state index contributed by atoms with van der Waals surface area (Å²) < 4.78 is 4.65. The number of aliphatic hydroxyl groups excluding tert-OH is 3. The second kappa shape index (κ2) is 13.2. The van der Waals surface area contributed by atoms with E-state index in [1.165, 1.54) is 0 Å². The van der Waals surface area contributed by atoms with E-state index >= 15 is 0 Å². The van der Waals surface area contributed by atoms with Crippen LogP contribution in [0.25, 0.3) is 0 Å². The molecule has 0 saturated heterocycles. The van der Waals surface area contributed by atoms with Crippen molar-refractivity contribution in [2.75, 3.05) is 19.8 Å². The summed E-state index contributed by atoms with van der Waals surface area (Å²) in [6.07, 6.45) is -1.73. The van der Waals surface area contributed by atoms with Crippen LogP contribution >= 0.6 is 0 Å². The molecule has 0 heterocycles. The van der Waals surface area contributed by atoms with Crippen LogP contribution in [-0.4, -0.2) is 69.5 Å². The molecule has 8 heteroatoms. The predicted molar refractivity (Wildman–Crippen MR) is 64.7 cm³/mol. The lowest BCUT2D eigenvalue weighted by atomic mass is 10.2. The summed E-state index contributed by atoms with van der Waals surface area (Å²) in [7, 11) is 0. The molecule has 0 aliphatic rings. The largest absolute Gasteiger partial charge is 0.479 e. The van der Waals surface area contributed by atoms with Gasteiger partial charge in [-0.15, -0.1) is 0 Å². The molecule has 0 aliphatic carbocycles. The number of aliphatic hydroxyl groups is 3. The predicted octanol–water partition coefficient (Wildman–Crippen LogP) is -0.937. The standard InChI is InChI=1S/C7H12O6.C4H10O2/c1-2-3-13-5(7(11)12)4(8)6(9)10;5-3-1-2-4-6/h4-5,8H,2-3H2,1H3,(H,9,10)(H,11,12);5-6H,1-4H2. The lowest BCUT2D eigenvalue weighted by Crippen LogP contribution is -2.41. The van der Waals surface area contributed by atoms with Crippen molar-refractivity contribution in [3.8, 4) is 0 Å². The van der Waals surface area contributed by atoms with Crippen molar-refractivity contribution in [3.63, 3.8) is 0 Å². The van der Waals surface area contributed by atoms with Gasteiger partial charge in [0.2, 0.25) is 0 Å². The highest BCUT2D eigenvalue weighted by molar-refractivity contribution is 5.83. The van der Waals surface area contributed by atoms with Crippen LogP contribution in [0.15, 0.2) is 0 Å². The highest BCUT2D eigenvalue weighted by atomic mass is 16.5. The molecule has 0 saturated carbocycles. The molecular formula is C11H22O8. The number of unbranched alkanes of at least 4 members (excludes halogenated alkanes) is 1. The van der Waals surface area contributed by atoms with Crippen LogP contribution in [-0.2, 0) is 14.3 Å². The smallest absolute Gasteiger partial charge is 0.336 e. The zero-order chi connectivity index (χ0) is 15.3. The Balaban J connectivity index is 0. The van der Waals surface area contributed by atoms with Crippen LogP contribution in [0.2, 0.25) is 0 Å². The van der Waals surface area contributed by atoms with Gasteiger partial charge in [-0.25, -0.2) is 9.59 Å². The van der Waals surface area contributed by atoms with Crippen LogP contribution in [0, 0.1) is 0 Å². The zero-order valence-electron chi connectivity index (χ0n) is 10.9. The van der Waals surface area contributed by atoms with Gasteiger partial charge in [-0.3, -0.25) is 0 Å². The van der Waals surface area contributed by atoms with E-state index in [1.807, 2.05) is 0 Å². The third-order valence-electron chi connectivity index (χ3n) is 1.85. The van der Waals surface area contributed by atoms with Crippen LogP contribution < -0.4 is 0 Å². The Morgan fingerprint density at radius 3 is 1.79 bits per heavy atom. The Morgan fingerprint density at radius 2 is 1.53 bits per heavy atom. The number of carboxylic acid groups (broad SMARTS) is 2. The minimum atomic E-state index is -2.02. The van der Waals surface area contributed by atoms with E-state index < -0.39 is 24.1 Å². The van der Waals surface area contributed by atoms with Gasteiger partial charge < -0.3 is 30.3 Å². The Hall–Kier alpha value is -1.22. The van der Waals surface area contributed by atoms with Crippen LogP contribution in [0.4, 0.5) is 0 Å². The van der Waals surface area contributed by atoms with E-state index in [2.05, 4.69) is 4.74 Å². The first-order valence-electron chi connectivity index (χ1n) is 5.89. The van der Waals surface area contributed by atoms with Gasteiger partial charge >= 0.3 is 11.9 Å². The minimum Gasteiger partial charge on any atom is -0.479 e. The Morgan fingerprint density at radius 1 is 1.05 bits per heavy atom. The SMILES string of the molecule is CCCOC(C(=O)O)C(O)C(=O)O.OCCCCO. The van der Waals surface area contributed by atoms with Crippen LogP contribution in [0.1, 0.15) is 26.2 Å². The van der Waals surface area contributed by atoms with Crippen LogP contribution in [0.3, 0.4) is 0 Å². The van der Waals surface area contributed by atoms with Crippen molar-refractivity contribution in [2.45, 2.75) is 38.4 Å². The quantitative estimate of drug-likeness (QED) is 0.341. The van der Waals surface area contributed by atoms with Gasteiger partial charge in [0.1, 0.15) is 0 Å². The zero-order valence-corrected chi connectivity index (χ0v) is 10.9. The summed E-state index contributed by atoms with van der Waals surface area (Å²) in [5.74, 6) is -3.09. The van der Waals surface area contributed by atoms with Crippen LogP contribution in [0.5, 0.6) is 0 Å². The molecule has 0 bridgehead atoms. The molecule has 0 radical (unpaired) electrons. The van der Waals surface area contributed by atoms with E-state index in [1.54, 1.807) is 6.92 Å². The minimum absolute atomic E-state index is 0.0985. The van der Waals surface area contributed by atoms with Gasteiger partial charge in [0.15, 0.2) is 12.2 Å². The Labute approximate surface area is 111 Å². The third-order valence-corrected chi connectivity index (χ3v) is 1.85. The van der Waals surface area contributed by atoms with Crippen molar-refractivity contribution >= 4 is 11.9 Å². The molecule has 0 aliphatic heterocycles. The molecule has 19 heavy (non-hydrogen) atoms. The third kappa shape index (κ3) is 11.6. The highest BCUT2D eigenvalue weighted by Crippen LogP contribution is 2.01. The van der Waals surface area contributed by atoms with Gasteiger partial charge in [-0.2, -0.15) is 0 Å². The fourth-order valence-electron chi connectivity index (χ4n) is 0.895. The molecule has 5 N–H and O–H groups in total. The number of ether oxygens (including phenoxy) is 1. The normalized spacial score (nSPS) is 13.1. The number of rotatable bonds is 9. The lowest BCUT2D eigenvalue weighted by Gasteiger charge is -2.15. The van der Waals surface area contributed by atoms with Crippen molar-refractivity contribution in [2.24, 2.45) is 0 Å². The molecule has 2 atom stereocenters.